The third-order valence-corrected chi connectivity index (χ3v) is 5.91. The number of aryl methyl sites for hydroxylation is 1. The molecule has 3 rings (SSSR count). The molecule has 0 saturated carbocycles. The molecule has 0 radical (unpaired) electrons. The molecular weight excluding hydrogens is 410 g/mol. The summed E-state index contributed by atoms with van der Waals surface area (Å²) in [6, 6.07) is 9.43. The Bertz CT molecular complexity index is 1240. The Kier molecular flexibility index (Phi) is 6.18. The number of nitrogens with zero attached hydrogens (tertiary/aromatic N) is 2. The summed E-state index contributed by atoms with van der Waals surface area (Å²) in [5, 5.41) is 0. The van der Waals surface area contributed by atoms with E-state index in [0.29, 0.717) is 11.4 Å². The van der Waals surface area contributed by atoms with E-state index in [-0.39, 0.29) is 22.8 Å². The minimum absolute atomic E-state index is 0.0114. The molecule has 158 valence electrons. The molecule has 0 spiro atoms. The first-order valence-corrected chi connectivity index (χ1v) is 10.5. The average Bonchev–Trinajstić information content (AvgIpc) is 2.72. The second-order valence-corrected chi connectivity index (χ2v) is 8.31. The zero-order chi connectivity index (χ0) is 21.9. The molecule has 0 aliphatic heterocycles. The highest BCUT2D eigenvalue weighted by molar-refractivity contribution is 7.89. The van der Waals surface area contributed by atoms with E-state index >= 15 is 0 Å². The van der Waals surface area contributed by atoms with Crippen molar-refractivity contribution in [2.24, 2.45) is 0 Å². The summed E-state index contributed by atoms with van der Waals surface area (Å²) in [5.74, 6) is -0.283. The molecule has 0 aliphatic rings. The number of benzene rings is 1. The molecule has 30 heavy (non-hydrogen) atoms. The fourth-order valence-corrected chi connectivity index (χ4v) is 3.95. The number of methoxy groups -OCH3 is 1. The van der Waals surface area contributed by atoms with Crippen molar-refractivity contribution < 1.29 is 22.7 Å². The molecule has 0 saturated heterocycles. The lowest BCUT2D eigenvalue weighted by molar-refractivity contribution is -0.146. The number of pyridine rings is 1. The monoisotopic (exact) mass is 431 g/mol. The zero-order valence-corrected chi connectivity index (χ0v) is 17.5. The summed E-state index contributed by atoms with van der Waals surface area (Å²) in [6.45, 7) is 2.93. The number of hydrogen-bond donors (Lipinski definition) is 1. The molecule has 0 unspecified atom stereocenters. The predicted octanol–water partition coefficient (Wildman–Crippen LogP) is 1.42. The maximum Gasteiger partial charge on any atom is 0.324 e. The molecular formula is C20H21N3O6S. The smallest absolute Gasteiger partial charge is 0.324 e. The Morgan fingerprint density at radius 3 is 2.60 bits per heavy atom. The van der Waals surface area contributed by atoms with Gasteiger partial charge in [-0.05, 0) is 49.7 Å². The van der Waals surface area contributed by atoms with Gasteiger partial charge in [0.2, 0.25) is 10.0 Å². The first-order valence-electron chi connectivity index (χ1n) is 9.02. The number of sulfonamides is 1. The number of carbonyl (C=O) groups excluding carboxylic acids is 1. The molecule has 9 nitrogen and oxygen atoms in total. The van der Waals surface area contributed by atoms with E-state index in [0.717, 1.165) is 5.56 Å². The van der Waals surface area contributed by atoms with Crippen LogP contribution in [0.4, 0.5) is 0 Å². The van der Waals surface area contributed by atoms with Gasteiger partial charge in [-0.15, -0.1) is 0 Å². The second kappa shape index (κ2) is 8.64. The summed E-state index contributed by atoms with van der Waals surface area (Å²) < 4.78 is 38.7. The highest BCUT2D eigenvalue weighted by Gasteiger charge is 2.23. The van der Waals surface area contributed by atoms with Crippen LogP contribution >= 0.6 is 0 Å². The van der Waals surface area contributed by atoms with Crippen molar-refractivity contribution in [3.8, 4) is 5.75 Å². The summed E-state index contributed by atoms with van der Waals surface area (Å²) in [5.41, 5.74) is 1.23. The molecule has 2 heterocycles. The molecule has 1 atom stereocenters. The van der Waals surface area contributed by atoms with Gasteiger partial charge in [0, 0.05) is 12.3 Å². The van der Waals surface area contributed by atoms with Crippen molar-refractivity contribution in [2.75, 3.05) is 7.11 Å². The number of rotatable bonds is 7. The van der Waals surface area contributed by atoms with Gasteiger partial charge in [-0.1, -0.05) is 6.07 Å². The lowest BCUT2D eigenvalue weighted by Gasteiger charge is -2.14. The van der Waals surface area contributed by atoms with Crippen molar-refractivity contribution in [1.29, 1.82) is 0 Å². The van der Waals surface area contributed by atoms with Crippen molar-refractivity contribution in [2.45, 2.75) is 31.4 Å². The van der Waals surface area contributed by atoms with Crippen LogP contribution in [0, 0.1) is 6.92 Å². The zero-order valence-electron chi connectivity index (χ0n) is 16.7. The van der Waals surface area contributed by atoms with Crippen LogP contribution in [0.1, 0.15) is 18.2 Å². The third kappa shape index (κ3) is 4.66. The summed E-state index contributed by atoms with van der Waals surface area (Å²) in [7, 11) is -2.46. The maximum absolute atomic E-state index is 12.4. The highest BCUT2D eigenvalue weighted by Crippen LogP contribution is 2.16. The molecule has 1 aromatic carbocycles. The Balaban J connectivity index is 1.68. The SMILES string of the molecule is COc1ccc(S(=O)(=O)N[C@@H](C)C(=O)OCc2cc(=O)n3cccc(C)c3n2)cc1. The Morgan fingerprint density at radius 1 is 1.23 bits per heavy atom. The van der Waals surface area contributed by atoms with Gasteiger partial charge in [-0.2, -0.15) is 4.72 Å². The summed E-state index contributed by atoms with van der Waals surface area (Å²) >= 11 is 0. The number of ether oxygens (including phenoxy) is 2. The summed E-state index contributed by atoms with van der Waals surface area (Å²) in [6.07, 6.45) is 1.60. The van der Waals surface area contributed by atoms with Crippen LogP contribution in [0.25, 0.3) is 5.65 Å². The number of carbonyl (C=O) groups is 1. The normalized spacial score (nSPS) is 12.5. The second-order valence-electron chi connectivity index (χ2n) is 6.60. The lowest BCUT2D eigenvalue weighted by atomic mass is 10.3. The highest BCUT2D eigenvalue weighted by atomic mass is 32.2. The molecule has 10 heteroatoms. The molecule has 2 aromatic heterocycles. The quantitative estimate of drug-likeness (QED) is 0.563. The number of nitrogens with one attached hydrogen (secondary N) is 1. The van der Waals surface area contributed by atoms with E-state index in [1.165, 1.54) is 48.8 Å². The van der Waals surface area contributed by atoms with Gasteiger partial charge in [0.25, 0.3) is 5.56 Å². The number of aromatic nitrogens is 2. The Hall–Kier alpha value is -3.24. The first kappa shape index (κ1) is 21.5. The van der Waals surface area contributed by atoms with Crippen molar-refractivity contribution in [1.82, 2.24) is 14.1 Å². The van der Waals surface area contributed by atoms with Gasteiger partial charge in [0.15, 0.2) is 0 Å². The lowest BCUT2D eigenvalue weighted by Crippen LogP contribution is -2.39. The summed E-state index contributed by atoms with van der Waals surface area (Å²) in [4.78, 5) is 28.8. The van der Waals surface area contributed by atoms with E-state index in [2.05, 4.69) is 9.71 Å². The van der Waals surface area contributed by atoms with Gasteiger partial charge in [-0.25, -0.2) is 13.4 Å². The van der Waals surface area contributed by atoms with Crippen molar-refractivity contribution >= 4 is 21.6 Å². The fourth-order valence-electron chi connectivity index (χ4n) is 2.76. The van der Waals surface area contributed by atoms with E-state index < -0.39 is 22.0 Å². The number of esters is 1. The standard InChI is InChI=1S/C20H21N3O6S/c1-13-5-4-10-23-18(24)11-15(21-19(13)23)12-29-20(25)14(2)22-30(26,27)17-8-6-16(28-3)7-9-17/h4-11,14,22H,12H2,1-3H3/t14-/m0/s1. The third-order valence-electron chi connectivity index (χ3n) is 4.36. The van der Waals surface area contributed by atoms with Gasteiger partial charge < -0.3 is 9.47 Å². The topological polar surface area (TPSA) is 116 Å². The van der Waals surface area contributed by atoms with Crippen LogP contribution in [-0.4, -0.2) is 36.9 Å². The Labute approximate surface area is 173 Å². The van der Waals surface area contributed by atoms with Crippen LogP contribution in [0.15, 0.2) is 58.4 Å². The molecule has 0 aliphatic carbocycles. The minimum Gasteiger partial charge on any atom is -0.497 e. The molecule has 0 fully saturated rings. The van der Waals surface area contributed by atoms with Crippen LogP contribution in [0.2, 0.25) is 0 Å². The Morgan fingerprint density at radius 2 is 1.93 bits per heavy atom. The number of hydrogen-bond acceptors (Lipinski definition) is 7. The maximum atomic E-state index is 12.4. The first-order chi connectivity index (χ1) is 14.2. The van der Waals surface area contributed by atoms with Gasteiger partial charge in [0.1, 0.15) is 24.0 Å². The van der Waals surface area contributed by atoms with Crippen molar-refractivity contribution in [3.63, 3.8) is 0 Å². The molecule has 0 bridgehead atoms. The van der Waals surface area contributed by atoms with Crippen LogP contribution < -0.4 is 15.0 Å². The van der Waals surface area contributed by atoms with E-state index in [1.807, 2.05) is 13.0 Å². The molecule has 0 amide bonds. The molecule has 1 N–H and O–H groups in total. The van der Waals surface area contributed by atoms with Crippen LogP contribution in [0.5, 0.6) is 5.75 Å². The van der Waals surface area contributed by atoms with Gasteiger partial charge >= 0.3 is 5.97 Å². The van der Waals surface area contributed by atoms with Gasteiger partial charge in [-0.3, -0.25) is 14.0 Å². The predicted molar refractivity (Wildman–Crippen MR) is 109 cm³/mol. The van der Waals surface area contributed by atoms with Crippen LogP contribution in [0.3, 0.4) is 0 Å². The number of fused-ring (bicyclic) bond motifs is 1. The largest absolute Gasteiger partial charge is 0.497 e. The van der Waals surface area contributed by atoms with Gasteiger partial charge in [0.05, 0.1) is 17.7 Å². The molecule has 3 aromatic rings. The fraction of sp³-hybridized carbons (Fsp3) is 0.250. The van der Waals surface area contributed by atoms with E-state index in [4.69, 9.17) is 9.47 Å². The average molecular weight is 431 g/mol. The van der Waals surface area contributed by atoms with E-state index in [1.54, 1.807) is 12.3 Å². The van der Waals surface area contributed by atoms with Crippen LogP contribution in [-0.2, 0) is 26.2 Å². The minimum atomic E-state index is -3.93. The van der Waals surface area contributed by atoms with Crippen molar-refractivity contribution in [3.05, 3.63) is 70.3 Å². The van der Waals surface area contributed by atoms with E-state index in [9.17, 15) is 18.0 Å².